The second kappa shape index (κ2) is 51.8. The summed E-state index contributed by atoms with van der Waals surface area (Å²) in [6.07, 6.45) is 64.8. The Balaban J connectivity index is 4.29. The maximum absolute atomic E-state index is 12.8. The number of carboxylic acid groups (broad SMARTS) is 1. The molecule has 0 fully saturated rings. The summed E-state index contributed by atoms with van der Waals surface area (Å²) in [6.45, 7) is 4.63. The van der Waals surface area contributed by atoms with Crippen molar-refractivity contribution in [1.29, 1.82) is 0 Å². The fraction of sp³-hybridized carbons (Fsp3) is 0.721. The van der Waals surface area contributed by atoms with Crippen LogP contribution in [0.1, 0.15) is 226 Å². The zero-order valence-electron chi connectivity index (χ0n) is 45.6. The van der Waals surface area contributed by atoms with Crippen LogP contribution in [0.15, 0.2) is 85.1 Å². The Morgan fingerprint density at radius 1 is 0.443 bits per heavy atom. The molecule has 0 saturated carbocycles. The number of carboxylic acids is 1. The lowest BCUT2D eigenvalue weighted by Crippen LogP contribution is -2.44. The van der Waals surface area contributed by atoms with Crippen molar-refractivity contribution in [1.82, 2.24) is 0 Å². The normalized spacial score (nSPS) is 13.4. The maximum atomic E-state index is 12.8. The molecule has 0 aromatic heterocycles. The molecule has 2 unspecified atom stereocenters. The van der Waals surface area contributed by atoms with Gasteiger partial charge in [-0.25, -0.2) is 0 Å². The number of aliphatic carboxylic acids is 1. The molecule has 70 heavy (non-hydrogen) atoms. The number of unbranched alkanes of at least 4 members (excludes halogenated alkanes) is 22. The molecule has 0 radical (unpaired) electrons. The Morgan fingerprint density at radius 3 is 1.21 bits per heavy atom. The summed E-state index contributed by atoms with van der Waals surface area (Å²) in [5.74, 6) is -2.30. The summed E-state index contributed by atoms with van der Waals surface area (Å²) >= 11 is 0. The van der Waals surface area contributed by atoms with Crippen LogP contribution in [-0.2, 0) is 33.3 Å². The van der Waals surface area contributed by atoms with E-state index in [9.17, 15) is 19.5 Å². The summed E-state index contributed by atoms with van der Waals surface area (Å²) in [4.78, 5) is 37.2. The number of likely N-dealkylation sites (N-methyl/N-ethyl adjacent to an activating group) is 1. The number of hydrogen-bond acceptors (Lipinski definition) is 8. The van der Waals surface area contributed by atoms with Gasteiger partial charge in [0.05, 0.1) is 40.3 Å². The number of nitrogens with zero attached hydrogens (tertiary/aromatic N) is 1. The van der Waals surface area contributed by atoms with Crippen LogP contribution in [0.2, 0.25) is 0 Å². The van der Waals surface area contributed by atoms with Crippen LogP contribution in [0.5, 0.6) is 0 Å². The first-order valence-electron chi connectivity index (χ1n) is 28.2. The van der Waals surface area contributed by atoms with Crippen LogP contribution in [0, 0.1) is 0 Å². The van der Waals surface area contributed by atoms with Crippen molar-refractivity contribution in [2.24, 2.45) is 0 Å². The molecule has 0 rings (SSSR count). The number of hydrogen-bond donors (Lipinski definition) is 0. The van der Waals surface area contributed by atoms with Crippen LogP contribution >= 0.6 is 0 Å². The van der Waals surface area contributed by atoms with E-state index in [4.69, 9.17) is 18.9 Å². The third-order valence-electron chi connectivity index (χ3n) is 11.9. The molecule has 0 aromatic rings. The number of carbonyl (C=O) groups is 3. The van der Waals surface area contributed by atoms with Crippen LogP contribution in [0.3, 0.4) is 0 Å². The predicted octanol–water partition coefficient (Wildman–Crippen LogP) is 15.1. The number of allylic oxidation sites excluding steroid dienone is 14. The van der Waals surface area contributed by atoms with Crippen molar-refractivity contribution in [3.63, 3.8) is 0 Å². The van der Waals surface area contributed by atoms with E-state index in [0.29, 0.717) is 17.4 Å². The second-order valence-corrected chi connectivity index (χ2v) is 19.9. The maximum Gasteiger partial charge on any atom is 0.306 e. The zero-order valence-corrected chi connectivity index (χ0v) is 45.6. The minimum atomic E-state index is -1.63. The lowest BCUT2D eigenvalue weighted by Gasteiger charge is -2.26. The highest BCUT2D eigenvalue weighted by atomic mass is 16.7. The van der Waals surface area contributed by atoms with Crippen LogP contribution < -0.4 is 5.11 Å². The molecule has 0 amide bonds. The van der Waals surface area contributed by atoms with E-state index in [1.807, 2.05) is 21.1 Å². The quantitative estimate of drug-likeness (QED) is 0.0195. The number of ether oxygens (including phenoxy) is 4. The zero-order chi connectivity index (χ0) is 51.3. The Morgan fingerprint density at radius 2 is 0.814 bits per heavy atom. The van der Waals surface area contributed by atoms with Crippen molar-refractivity contribution < 1.29 is 42.9 Å². The van der Waals surface area contributed by atoms with Crippen molar-refractivity contribution in [3.05, 3.63) is 85.1 Å². The van der Waals surface area contributed by atoms with Gasteiger partial charge in [-0.15, -0.1) is 0 Å². The van der Waals surface area contributed by atoms with Gasteiger partial charge in [-0.05, 0) is 70.6 Å². The SMILES string of the molecule is CC/C=C\C/C=C\C/C=C\C/C=C\C/C=C\C/C=C\C/C=C\CCCCCCCCCC(=O)OC(COC(=O)CCCCCCCCCCCCCCCCCC)COC(OCC[N+](C)(C)C)C(=O)[O-]. The summed E-state index contributed by atoms with van der Waals surface area (Å²) < 4.78 is 22.7. The molecule has 9 nitrogen and oxygen atoms in total. The molecule has 0 aromatic carbocycles. The molecule has 0 aliphatic rings. The first-order valence-corrected chi connectivity index (χ1v) is 28.2. The van der Waals surface area contributed by atoms with E-state index < -0.39 is 24.3 Å². The van der Waals surface area contributed by atoms with Gasteiger partial charge in [0, 0.05) is 12.8 Å². The van der Waals surface area contributed by atoms with E-state index in [0.717, 1.165) is 89.9 Å². The van der Waals surface area contributed by atoms with Gasteiger partial charge < -0.3 is 33.3 Å². The third-order valence-corrected chi connectivity index (χ3v) is 11.9. The molecule has 0 bridgehead atoms. The van der Waals surface area contributed by atoms with E-state index in [1.54, 1.807) is 0 Å². The molecular weight excluding hydrogens is 875 g/mol. The van der Waals surface area contributed by atoms with Gasteiger partial charge in [-0.2, -0.15) is 0 Å². The number of rotatable bonds is 51. The van der Waals surface area contributed by atoms with Gasteiger partial charge in [0.15, 0.2) is 12.4 Å². The van der Waals surface area contributed by atoms with Crippen LogP contribution in [-0.4, -0.2) is 82.3 Å². The monoisotopic (exact) mass is 980 g/mol. The third kappa shape index (κ3) is 52.3. The number of esters is 2. The topological polar surface area (TPSA) is 111 Å². The van der Waals surface area contributed by atoms with Gasteiger partial charge in [-0.3, -0.25) is 9.59 Å². The molecule has 0 aliphatic carbocycles. The predicted molar refractivity (Wildman–Crippen MR) is 292 cm³/mol. The van der Waals surface area contributed by atoms with Gasteiger partial charge in [0.1, 0.15) is 13.2 Å². The first kappa shape index (κ1) is 66.5. The Hall–Kier alpha value is -3.53. The summed E-state index contributed by atoms with van der Waals surface area (Å²) in [5, 5.41) is 11.8. The van der Waals surface area contributed by atoms with Crippen LogP contribution in [0.4, 0.5) is 0 Å². The van der Waals surface area contributed by atoms with Crippen molar-refractivity contribution >= 4 is 17.9 Å². The van der Waals surface area contributed by atoms with Crippen molar-refractivity contribution in [2.45, 2.75) is 238 Å². The van der Waals surface area contributed by atoms with Gasteiger partial charge >= 0.3 is 11.9 Å². The lowest BCUT2D eigenvalue weighted by molar-refractivity contribution is -0.870. The molecule has 0 N–H and O–H groups in total. The van der Waals surface area contributed by atoms with Crippen molar-refractivity contribution in [3.8, 4) is 0 Å². The molecule has 0 spiro atoms. The van der Waals surface area contributed by atoms with E-state index in [-0.39, 0.29) is 38.6 Å². The highest BCUT2D eigenvalue weighted by Crippen LogP contribution is 2.16. The van der Waals surface area contributed by atoms with E-state index in [2.05, 4.69) is 98.9 Å². The standard InChI is InChI=1S/C61H105NO8/c1-6-8-10-12-14-16-18-20-22-24-25-26-27-28-29-30-31-32-33-34-35-36-38-40-42-44-46-48-50-52-59(64)70-57(56-69-61(60(65)66)67-54-53-62(3,4)5)55-68-58(63)51-49-47-45-43-41-39-37-23-21-19-17-15-13-11-9-7-2/h8,10,14,16,20,22,25-26,28-29,31-32,34-35,57,61H,6-7,9,11-13,15,17-19,21,23-24,27,30,33,36-56H2,1-5H3/b10-8-,16-14-,22-20-,26-25-,29-28-,32-31-,35-34-. The first-order chi connectivity index (χ1) is 34.1. The fourth-order valence-corrected chi connectivity index (χ4v) is 7.58. The number of carbonyl (C=O) groups excluding carboxylic acids is 3. The molecule has 2 atom stereocenters. The molecule has 0 saturated heterocycles. The Labute approximate surface area is 430 Å². The largest absolute Gasteiger partial charge is 0.545 e. The fourth-order valence-electron chi connectivity index (χ4n) is 7.58. The van der Waals surface area contributed by atoms with Crippen molar-refractivity contribution in [2.75, 3.05) is 47.5 Å². The highest BCUT2D eigenvalue weighted by Gasteiger charge is 2.22. The van der Waals surface area contributed by atoms with E-state index in [1.165, 1.54) is 103 Å². The Bertz CT molecular complexity index is 1420. The van der Waals surface area contributed by atoms with Gasteiger partial charge in [0.25, 0.3) is 0 Å². The minimum Gasteiger partial charge on any atom is -0.545 e. The summed E-state index contributed by atoms with van der Waals surface area (Å²) in [7, 11) is 5.91. The lowest BCUT2D eigenvalue weighted by atomic mass is 10.0. The summed E-state index contributed by atoms with van der Waals surface area (Å²) in [5.41, 5.74) is 0. The molecular formula is C61H105NO8. The summed E-state index contributed by atoms with van der Waals surface area (Å²) in [6, 6.07) is 0. The minimum absolute atomic E-state index is 0.143. The average Bonchev–Trinajstić information content (AvgIpc) is 3.33. The van der Waals surface area contributed by atoms with Gasteiger partial charge in [-0.1, -0.05) is 227 Å². The molecule has 402 valence electrons. The average molecular weight is 981 g/mol. The molecule has 0 aliphatic heterocycles. The highest BCUT2D eigenvalue weighted by molar-refractivity contribution is 5.70. The smallest absolute Gasteiger partial charge is 0.306 e. The molecule has 0 heterocycles. The number of quaternary nitrogens is 1. The van der Waals surface area contributed by atoms with Crippen LogP contribution in [0.25, 0.3) is 0 Å². The Kier molecular flexibility index (Phi) is 49.2. The van der Waals surface area contributed by atoms with Gasteiger partial charge in [0.2, 0.25) is 0 Å². The second-order valence-electron chi connectivity index (χ2n) is 19.9. The molecule has 9 heteroatoms. The van der Waals surface area contributed by atoms with E-state index >= 15 is 0 Å².